The van der Waals surface area contributed by atoms with E-state index in [1.807, 2.05) is 24.3 Å². The largest absolute Gasteiger partial charge is 0.472 e. The Morgan fingerprint density at radius 3 is 1.67 bits per heavy atom. The van der Waals surface area contributed by atoms with Crippen molar-refractivity contribution in [1.82, 2.24) is 0 Å². The number of hydrogen-bond acceptors (Lipinski definition) is 13. The van der Waals surface area contributed by atoms with E-state index in [9.17, 15) is 49.7 Å². The van der Waals surface area contributed by atoms with Crippen molar-refractivity contribution in [3.05, 3.63) is 60.8 Å². The Morgan fingerprint density at radius 2 is 1.07 bits per heavy atom. The Kier molecular flexibility index (Phi) is 32.4. The second-order valence-corrected chi connectivity index (χ2v) is 16.8. The van der Waals surface area contributed by atoms with Gasteiger partial charge in [-0.05, 0) is 77.0 Å². The van der Waals surface area contributed by atoms with Gasteiger partial charge in [-0.25, -0.2) is 4.57 Å². The number of unbranched alkanes of at least 4 members (excludes halogenated alkanes) is 10. The molecule has 4 unspecified atom stereocenters. The van der Waals surface area contributed by atoms with Crippen LogP contribution < -0.4 is 0 Å². The average molecular weight is 873 g/mol. The number of ether oxygens (including phenoxy) is 2. The molecule has 9 atom stereocenters. The topological polar surface area (TPSA) is 230 Å². The summed E-state index contributed by atoms with van der Waals surface area (Å²) < 4.78 is 33.4. The van der Waals surface area contributed by atoms with Crippen LogP contribution in [-0.4, -0.2) is 110 Å². The molecule has 0 spiro atoms. The molecule has 1 fully saturated rings. The average Bonchev–Trinajstić information content (AvgIpc) is 3.22. The molecule has 1 aliphatic rings. The van der Waals surface area contributed by atoms with E-state index in [0.29, 0.717) is 25.7 Å². The van der Waals surface area contributed by atoms with Gasteiger partial charge in [0.05, 0.1) is 12.7 Å². The standard InChI is InChI=1S/C45H77O14P/c1-3-5-6-7-8-9-10-12-16-19-22-25-28-32-38(47)56-34-37(35-57-60(54,55)59-45-43(52)41(50)40(49)42(51)44(45)53)58-39(48)33-29-26-23-20-17-14-11-13-15-18-21-24-27-31-36(46)30-4-2/h9-11,14-15,18,20,23-24,27,36-37,40-46,49-53H,3-8,12-13,16-17,19,21-22,25-26,28-35H2,1-2H3,(H,54,55)/b10-9-,14-11-,18-15-,23-20-,27-24-/t36?,37-,40?,41-,42+,43-,44-,45?/m1/s1. The zero-order valence-corrected chi connectivity index (χ0v) is 37.0. The van der Waals surface area contributed by atoms with Crippen molar-refractivity contribution in [1.29, 1.82) is 0 Å². The summed E-state index contributed by atoms with van der Waals surface area (Å²) in [4.78, 5) is 35.6. The van der Waals surface area contributed by atoms with Crippen LogP contribution in [0.5, 0.6) is 0 Å². The highest BCUT2D eigenvalue weighted by molar-refractivity contribution is 7.47. The molecule has 1 aliphatic carbocycles. The minimum absolute atomic E-state index is 0.00201. The Bertz CT molecular complexity index is 1300. The highest BCUT2D eigenvalue weighted by atomic mass is 31.2. The van der Waals surface area contributed by atoms with Gasteiger partial charge in [-0.15, -0.1) is 0 Å². The van der Waals surface area contributed by atoms with Gasteiger partial charge in [-0.2, -0.15) is 0 Å². The van der Waals surface area contributed by atoms with E-state index in [1.165, 1.54) is 25.7 Å². The van der Waals surface area contributed by atoms with Gasteiger partial charge < -0.3 is 45.0 Å². The van der Waals surface area contributed by atoms with Crippen molar-refractivity contribution < 1.29 is 68.2 Å². The number of hydrogen-bond donors (Lipinski definition) is 7. The van der Waals surface area contributed by atoms with E-state index in [0.717, 1.165) is 70.6 Å². The summed E-state index contributed by atoms with van der Waals surface area (Å²) in [5.41, 5.74) is 0. The van der Waals surface area contributed by atoms with Gasteiger partial charge in [0.15, 0.2) is 6.10 Å². The lowest BCUT2D eigenvalue weighted by Gasteiger charge is -2.41. The number of allylic oxidation sites excluding steroid dienone is 9. The summed E-state index contributed by atoms with van der Waals surface area (Å²) in [6.45, 7) is 3.01. The molecular weight excluding hydrogens is 795 g/mol. The maximum absolute atomic E-state index is 12.8. The first-order chi connectivity index (χ1) is 28.8. The van der Waals surface area contributed by atoms with Gasteiger partial charge in [0.2, 0.25) is 0 Å². The van der Waals surface area contributed by atoms with E-state index < -0.39 is 75.7 Å². The zero-order valence-electron chi connectivity index (χ0n) is 36.1. The van der Waals surface area contributed by atoms with E-state index in [-0.39, 0.29) is 18.9 Å². The van der Waals surface area contributed by atoms with Crippen LogP contribution in [0.25, 0.3) is 0 Å². The number of phosphoric ester groups is 1. The summed E-state index contributed by atoms with van der Waals surface area (Å²) in [6, 6.07) is 0. The molecule has 0 heterocycles. The molecule has 0 aromatic rings. The van der Waals surface area contributed by atoms with E-state index >= 15 is 0 Å². The Morgan fingerprint density at radius 1 is 0.583 bits per heavy atom. The van der Waals surface area contributed by atoms with Crippen LogP contribution in [-0.2, 0) is 32.7 Å². The maximum atomic E-state index is 12.8. The van der Waals surface area contributed by atoms with Crippen molar-refractivity contribution in [3.63, 3.8) is 0 Å². The van der Waals surface area contributed by atoms with Crippen molar-refractivity contribution in [2.75, 3.05) is 13.2 Å². The fraction of sp³-hybridized carbons (Fsp3) is 0.733. The third-order valence-electron chi connectivity index (χ3n) is 9.89. The molecule has 0 radical (unpaired) electrons. The number of rotatable bonds is 35. The third-order valence-corrected chi connectivity index (χ3v) is 10.9. The van der Waals surface area contributed by atoms with Crippen LogP contribution >= 0.6 is 7.82 Å². The molecule has 15 heteroatoms. The fourth-order valence-electron chi connectivity index (χ4n) is 6.29. The molecule has 14 nitrogen and oxygen atoms in total. The molecule has 1 saturated carbocycles. The fourth-order valence-corrected chi connectivity index (χ4v) is 7.26. The maximum Gasteiger partial charge on any atom is 0.472 e. The minimum Gasteiger partial charge on any atom is -0.462 e. The van der Waals surface area contributed by atoms with Crippen molar-refractivity contribution in [3.8, 4) is 0 Å². The highest BCUT2D eigenvalue weighted by Gasteiger charge is 2.51. The summed E-state index contributed by atoms with van der Waals surface area (Å²) in [7, 11) is -5.14. The lowest BCUT2D eigenvalue weighted by Crippen LogP contribution is -2.64. The molecule has 0 aromatic heterocycles. The molecular formula is C45H77O14P. The monoisotopic (exact) mass is 873 g/mol. The summed E-state index contributed by atoms with van der Waals surface area (Å²) in [5.74, 6) is -1.20. The van der Waals surface area contributed by atoms with Gasteiger partial charge in [0.1, 0.15) is 43.2 Å². The molecule has 7 N–H and O–H groups in total. The number of carbonyl (C=O) groups is 2. The third kappa shape index (κ3) is 27.5. The lowest BCUT2D eigenvalue weighted by atomic mass is 9.85. The van der Waals surface area contributed by atoms with Crippen molar-refractivity contribution >= 4 is 19.8 Å². The predicted octanol–water partition coefficient (Wildman–Crippen LogP) is 7.14. The van der Waals surface area contributed by atoms with E-state index in [4.69, 9.17) is 18.5 Å². The van der Waals surface area contributed by atoms with Crippen molar-refractivity contribution in [2.45, 2.75) is 198 Å². The molecule has 346 valence electrons. The first kappa shape index (κ1) is 55.5. The van der Waals surface area contributed by atoms with Crippen LogP contribution in [0.15, 0.2) is 60.8 Å². The summed E-state index contributed by atoms with van der Waals surface area (Å²) in [5, 5.41) is 59.8. The van der Waals surface area contributed by atoms with Gasteiger partial charge >= 0.3 is 19.8 Å². The SMILES string of the molecule is CCCCCC/C=C\CCCCCCCC(=O)OC[C@H](COP(=O)(O)OC1[C@H](O)[C@H](O)C(O)[C@H](O)[C@H]1O)OC(=O)CCC/C=C\C/C=C\C/C=C\C/C=C\CC(O)CCC. The Labute approximate surface area is 358 Å². The smallest absolute Gasteiger partial charge is 0.462 e. The van der Waals surface area contributed by atoms with Gasteiger partial charge in [0.25, 0.3) is 0 Å². The number of carbonyl (C=O) groups excluding carboxylic acids is 2. The first-order valence-electron chi connectivity index (χ1n) is 22.2. The van der Waals surface area contributed by atoms with Crippen LogP contribution in [0.1, 0.15) is 149 Å². The van der Waals surface area contributed by atoms with Gasteiger partial charge in [0, 0.05) is 12.8 Å². The lowest BCUT2D eigenvalue weighted by molar-refractivity contribution is -0.220. The van der Waals surface area contributed by atoms with Crippen LogP contribution in [0.2, 0.25) is 0 Å². The first-order valence-corrected chi connectivity index (χ1v) is 23.7. The second kappa shape index (κ2) is 35.0. The van der Waals surface area contributed by atoms with Crippen LogP contribution in [0.4, 0.5) is 0 Å². The quantitative estimate of drug-likeness (QED) is 0.0145. The number of phosphoric acid groups is 1. The van der Waals surface area contributed by atoms with Gasteiger partial charge in [-0.3, -0.25) is 18.6 Å². The highest BCUT2D eigenvalue weighted by Crippen LogP contribution is 2.47. The zero-order chi connectivity index (χ0) is 44.4. The summed E-state index contributed by atoms with van der Waals surface area (Å²) >= 11 is 0. The predicted molar refractivity (Wildman–Crippen MR) is 232 cm³/mol. The molecule has 0 saturated heterocycles. The van der Waals surface area contributed by atoms with Crippen LogP contribution in [0, 0.1) is 0 Å². The number of aliphatic hydroxyl groups excluding tert-OH is 6. The normalized spacial score (nSPS) is 23.3. The molecule has 1 rings (SSSR count). The van der Waals surface area contributed by atoms with Gasteiger partial charge in [-0.1, -0.05) is 120 Å². The Hall–Kier alpha value is -2.49. The van der Waals surface area contributed by atoms with Crippen LogP contribution in [0.3, 0.4) is 0 Å². The Balaban J connectivity index is 2.55. The van der Waals surface area contributed by atoms with Crippen molar-refractivity contribution in [2.24, 2.45) is 0 Å². The molecule has 0 bridgehead atoms. The summed E-state index contributed by atoms with van der Waals surface area (Å²) in [6.07, 6.45) is 24.9. The minimum atomic E-state index is -5.14. The van der Waals surface area contributed by atoms with E-state index in [1.54, 1.807) is 0 Å². The molecule has 0 aliphatic heterocycles. The molecule has 60 heavy (non-hydrogen) atoms. The van der Waals surface area contributed by atoms with E-state index in [2.05, 4.69) is 50.3 Å². The number of aliphatic hydroxyl groups is 6. The molecule has 0 aromatic carbocycles. The second-order valence-electron chi connectivity index (χ2n) is 15.4. The number of esters is 2. The molecule has 0 amide bonds.